The molecule has 1 aliphatic carbocycles. The van der Waals surface area contributed by atoms with Crippen LogP contribution in [0.4, 0.5) is 0 Å². The van der Waals surface area contributed by atoms with E-state index >= 15 is 0 Å². The van der Waals surface area contributed by atoms with Crippen LogP contribution in [0.15, 0.2) is 12.4 Å². The van der Waals surface area contributed by atoms with Crippen LogP contribution in [0.3, 0.4) is 0 Å². The number of aromatic nitrogens is 2. The van der Waals surface area contributed by atoms with E-state index in [2.05, 4.69) is 14.9 Å². The monoisotopic (exact) mass is 233 g/mol. The number of rotatable bonds is 3. The number of nitrogens with zero attached hydrogens (tertiary/aromatic N) is 2. The molecule has 2 aliphatic rings. The highest BCUT2D eigenvalue weighted by molar-refractivity contribution is 4.90. The van der Waals surface area contributed by atoms with Gasteiger partial charge in [0.05, 0.1) is 6.54 Å². The van der Waals surface area contributed by atoms with Crippen molar-refractivity contribution < 1.29 is 0 Å². The molecule has 3 rings (SSSR count). The van der Waals surface area contributed by atoms with Crippen LogP contribution in [0.1, 0.15) is 44.3 Å². The van der Waals surface area contributed by atoms with Crippen molar-refractivity contribution in [2.45, 2.75) is 45.1 Å². The van der Waals surface area contributed by atoms with Crippen LogP contribution in [0.2, 0.25) is 0 Å². The average molecular weight is 233 g/mol. The lowest BCUT2D eigenvalue weighted by Gasteiger charge is -2.27. The standard InChI is InChI=1S/C14H23N3/c1-2-4-12(5-3-1)13-6-9-17(10-13)11-14-15-7-8-16-14/h7-8,12-13H,1-6,9-11H2,(H,15,16). The summed E-state index contributed by atoms with van der Waals surface area (Å²) in [4.78, 5) is 10.1. The lowest BCUT2D eigenvalue weighted by Crippen LogP contribution is -2.24. The van der Waals surface area contributed by atoms with Gasteiger partial charge in [-0.15, -0.1) is 0 Å². The van der Waals surface area contributed by atoms with Gasteiger partial charge in [-0.05, 0) is 24.8 Å². The van der Waals surface area contributed by atoms with E-state index in [9.17, 15) is 0 Å². The molecule has 3 nitrogen and oxygen atoms in total. The number of hydrogen-bond donors (Lipinski definition) is 1. The Hall–Kier alpha value is -0.830. The summed E-state index contributed by atoms with van der Waals surface area (Å²) in [6.45, 7) is 3.57. The van der Waals surface area contributed by atoms with E-state index in [0.29, 0.717) is 0 Å². The fourth-order valence-corrected chi connectivity index (χ4v) is 3.59. The minimum absolute atomic E-state index is 0.963. The Morgan fingerprint density at radius 1 is 1.18 bits per heavy atom. The maximum atomic E-state index is 4.32. The van der Waals surface area contributed by atoms with E-state index < -0.39 is 0 Å². The molecule has 3 heteroatoms. The van der Waals surface area contributed by atoms with Crippen LogP contribution < -0.4 is 0 Å². The van der Waals surface area contributed by atoms with Crippen LogP contribution in [0.25, 0.3) is 0 Å². The van der Waals surface area contributed by atoms with Crippen molar-refractivity contribution in [1.29, 1.82) is 0 Å². The maximum Gasteiger partial charge on any atom is 0.120 e. The zero-order valence-corrected chi connectivity index (χ0v) is 10.6. The molecule has 0 amide bonds. The van der Waals surface area contributed by atoms with Crippen molar-refractivity contribution >= 4 is 0 Å². The number of imidazole rings is 1. The normalized spacial score (nSPS) is 27.6. The van der Waals surface area contributed by atoms with Gasteiger partial charge in [-0.2, -0.15) is 0 Å². The highest BCUT2D eigenvalue weighted by Gasteiger charge is 2.30. The Bertz CT molecular complexity index is 327. The minimum atomic E-state index is 0.963. The highest BCUT2D eigenvalue weighted by atomic mass is 15.2. The molecule has 1 aromatic heterocycles. The smallest absolute Gasteiger partial charge is 0.120 e. The van der Waals surface area contributed by atoms with Crippen LogP contribution in [-0.2, 0) is 6.54 Å². The van der Waals surface area contributed by atoms with Gasteiger partial charge in [0.15, 0.2) is 0 Å². The molecule has 2 fully saturated rings. The van der Waals surface area contributed by atoms with Gasteiger partial charge < -0.3 is 4.98 Å². The molecule has 0 bridgehead atoms. The van der Waals surface area contributed by atoms with Gasteiger partial charge in [-0.25, -0.2) is 4.98 Å². The van der Waals surface area contributed by atoms with Crippen molar-refractivity contribution in [3.8, 4) is 0 Å². The summed E-state index contributed by atoms with van der Waals surface area (Å²) in [5, 5.41) is 0. The Labute approximate surface area is 104 Å². The summed E-state index contributed by atoms with van der Waals surface area (Å²) in [5.41, 5.74) is 0. The van der Waals surface area contributed by atoms with Gasteiger partial charge in [0.2, 0.25) is 0 Å². The molecule has 1 N–H and O–H groups in total. The number of hydrogen-bond acceptors (Lipinski definition) is 2. The molecule has 0 spiro atoms. The van der Waals surface area contributed by atoms with Gasteiger partial charge in [0.25, 0.3) is 0 Å². The first-order valence-electron chi connectivity index (χ1n) is 7.12. The van der Waals surface area contributed by atoms with Crippen molar-refractivity contribution in [2.24, 2.45) is 11.8 Å². The highest BCUT2D eigenvalue weighted by Crippen LogP contribution is 2.35. The number of aromatic amines is 1. The first kappa shape index (κ1) is 11.3. The van der Waals surface area contributed by atoms with E-state index in [1.165, 1.54) is 51.6 Å². The molecular weight excluding hydrogens is 210 g/mol. The Kier molecular flexibility index (Phi) is 3.46. The van der Waals surface area contributed by atoms with Gasteiger partial charge in [0.1, 0.15) is 5.82 Å². The van der Waals surface area contributed by atoms with E-state index in [4.69, 9.17) is 0 Å². The zero-order valence-electron chi connectivity index (χ0n) is 10.6. The topological polar surface area (TPSA) is 31.9 Å². The summed E-state index contributed by atoms with van der Waals surface area (Å²) in [7, 11) is 0. The maximum absolute atomic E-state index is 4.32. The molecule has 1 saturated carbocycles. The van der Waals surface area contributed by atoms with Gasteiger partial charge >= 0.3 is 0 Å². The second-order valence-electron chi connectivity index (χ2n) is 5.72. The fourth-order valence-electron chi connectivity index (χ4n) is 3.59. The average Bonchev–Trinajstić information content (AvgIpc) is 3.02. The molecule has 2 heterocycles. The first-order valence-corrected chi connectivity index (χ1v) is 7.12. The summed E-state index contributed by atoms with van der Waals surface area (Å²) in [6, 6.07) is 0. The molecule has 0 radical (unpaired) electrons. The number of nitrogens with one attached hydrogen (secondary N) is 1. The lowest BCUT2D eigenvalue weighted by atomic mass is 9.80. The van der Waals surface area contributed by atoms with Gasteiger partial charge in [-0.3, -0.25) is 4.90 Å². The summed E-state index contributed by atoms with van der Waals surface area (Å²) in [5.74, 6) is 3.10. The molecule has 1 aromatic rings. The second-order valence-corrected chi connectivity index (χ2v) is 5.72. The zero-order chi connectivity index (χ0) is 11.5. The Morgan fingerprint density at radius 3 is 2.82 bits per heavy atom. The summed E-state index contributed by atoms with van der Waals surface area (Å²) < 4.78 is 0. The third-order valence-corrected chi connectivity index (χ3v) is 4.55. The summed E-state index contributed by atoms with van der Waals surface area (Å²) in [6.07, 6.45) is 12.6. The van der Waals surface area contributed by atoms with Crippen molar-refractivity contribution in [3.05, 3.63) is 18.2 Å². The third kappa shape index (κ3) is 2.71. The predicted molar refractivity (Wildman–Crippen MR) is 68.5 cm³/mol. The van der Waals surface area contributed by atoms with E-state index in [1.54, 1.807) is 0 Å². The Balaban J connectivity index is 1.51. The van der Waals surface area contributed by atoms with Crippen LogP contribution in [-0.4, -0.2) is 28.0 Å². The van der Waals surface area contributed by atoms with Crippen LogP contribution in [0.5, 0.6) is 0 Å². The van der Waals surface area contributed by atoms with E-state index in [1.807, 2.05) is 12.4 Å². The second kappa shape index (κ2) is 5.21. The summed E-state index contributed by atoms with van der Waals surface area (Å²) >= 11 is 0. The quantitative estimate of drug-likeness (QED) is 0.870. The molecule has 1 unspecified atom stereocenters. The fraction of sp³-hybridized carbons (Fsp3) is 0.786. The third-order valence-electron chi connectivity index (χ3n) is 4.55. The van der Waals surface area contributed by atoms with Crippen LogP contribution in [0, 0.1) is 11.8 Å². The first-order chi connectivity index (χ1) is 8.42. The molecule has 1 aliphatic heterocycles. The largest absolute Gasteiger partial charge is 0.348 e. The predicted octanol–water partition coefficient (Wildman–Crippen LogP) is 2.81. The Morgan fingerprint density at radius 2 is 2.06 bits per heavy atom. The molecule has 0 aromatic carbocycles. The molecular formula is C14H23N3. The molecule has 1 atom stereocenters. The lowest BCUT2D eigenvalue weighted by molar-refractivity contribution is 0.233. The SMILES string of the molecule is c1c[nH]c(CN2CCC(C3CCCCC3)C2)n1. The van der Waals surface area contributed by atoms with Gasteiger partial charge in [0, 0.05) is 18.9 Å². The minimum Gasteiger partial charge on any atom is -0.348 e. The molecule has 17 heavy (non-hydrogen) atoms. The van der Waals surface area contributed by atoms with Crippen molar-refractivity contribution in [3.63, 3.8) is 0 Å². The number of H-pyrrole nitrogens is 1. The van der Waals surface area contributed by atoms with E-state index in [0.717, 1.165) is 24.2 Å². The molecule has 94 valence electrons. The van der Waals surface area contributed by atoms with Crippen molar-refractivity contribution in [1.82, 2.24) is 14.9 Å². The van der Waals surface area contributed by atoms with Gasteiger partial charge in [-0.1, -0.05) is 32.1 Å². The number of likely N-dealkylation sites (tertiary alicyclic amines) is 1. The van der Waals surface area contributed by atoms with Crippen molar-refractivity contribution in [2.75, 3.05) is 13.1 Å². The molecule has 1 saturated heterocycles. The van der Waals surface area contributed by atoms with E-state index in [-0.39, 0.29) is 0 Å². The van der Waals surface area contributed by atoms with Crippen LogP contribution >= 0.6 is 0 Å².